The quantitative estimate of drug-likeness (QED) is 0.277. The van der Waals surface area contributed by atoms with E-state index in [-0.39, 0.29) is 29.3 Å². The molecule has 13 heteroatoms. The van der Waals surface area contributed by atoms with Gasteiger partial charge in [-0.05, 0) is 48.6 Å². The minimum atomic E-state index is -4.59. The molecule has 3 amide bonds. The van der Waals surface area contributed by atoms with Crippen LogP contribution < -0.4 is 15.4 Å². The van der Waals surface area contributed by atoms with E-state index in [1.54, 1.807) is 12.1 Å². The summed E-state index contributed by atoms with van der Waals surface area (Å²) in [5.74, 6) is -1.04. The van der Waals surface area contributed by atoms with E-state index >= 15 is 0 Å². The van der Waals surface area contributed by atoms with Crippen LogP contribution in [0.1, 0.15) is 64.8 Å². The number of alkyl halides is 3. The Bertz CT molecular complexity index is 1750. The summed E-state index contributed by atoms with van der Waals surface area (Å²) < 4.78 is 45.9. The molecular weight excluding hydrogens is 589 g/mol. The maximum absolute atomic E-state index is 12.8. The van der Waals surface area contributed by atoms with E-state index in [0.717, 1.165) is 60.8 Å². The maximum atomic E-state index is 12.8. The number of carbonyl (C=O) groups is 3. The number of rotatable bonds is 7. The Morgan fingerprint density at radius 1 is 1.09 bits per heavy atom. The molecular formula is C32H31F3N6O4. The molecule has 2 aromatic heterocycles. The van der Waals surface area contributed by atoms with Crippen molar-refractivity contribution >= 4 is 34.3 Å². The first-order chi connectivity index (χ1) is 21.6. The van der Waals surface area contributed by atoms with Crippen LogP contribution in [-0.4, -0.2) is 57.6 Å². The van der Waals surface area contributed by atoms with Crippen molar-refractivity contribution in [2.24, 2.45) is 0 Å². The molecule has 1 unspecified atom stereocenters. The largest absolute Gasteiger partial charge is 0.494 e. The highest BCUT2D eigenvalue weighted by Crippen LogP contribution is 2.34. The first-order valence-corrected chi connectivity index (χ1v) is 14.6. The molecule has 4 aromatic rings. The number of piperidine rings is 2. The van der Waals surface area contributed by atoms with Gasteiger partial charge in [-0.25, -0.2) is 0 Å². The van der Waals surface area contributed by atoms with Gasteiger partial charge in [0.05, 0.1) is 35.8 Å². The normalized spacial score (nSPS) is 18.2. The van der Waals surface area contributed by atoms with Crippen molar-refractivity contribution in [2.75, 3.05) is 25.5 Å². The van der Waals surface area contributed by atoms with Crippen molar-refractivity contribution in [3.63, 3.8) is 0 Å². The van der Waals surface area contributed by atoms with Gasteiger partial charge in [0.15, 0.2) is 0 Å². The number of amides is 3. The highest BCUT2D eigenvalue weighted by molar-refractivity contribution is 6.06. The van der Waals surface area contributed by atoms with Gasteiger partial charge >= 0.3 is 6.18 Å². The SMILES string of the molecule is COc1cc2nn(C3CCN(Cc4ccccc4C4CCC(=O)NC4=O)CC3)cc2cc1NC(=O)c1ccc(C(F)(F)F)nc1. The van der Waals surface area contributed by atoms with Gasteiger partial charge in [-0.1, -0.05) is 24.3 Å². The van der Waals surface area contributed by atoms with E-state index in [2.05, 4.69) is 20.5 Å². The van der Waals surface area contributed by atoms with Crippen molar-refractivity contribution in [3.05, 3.63) is 83.3 Å². The van der Waals surface area contributed by atoms with E-state index in [4.69, 9.17) is 9.84 Å². The van der Waals surface area contributed by atoms with Crippen LogP contribution in [0, 0.1) is 0 Å². The molecule has 2 aliphatic heterocycles. The molecule has 6 rings (SSSR count). The summed E-state index contributed by atoms with van der Waals surface area (Å²) in [6, 6.07) is 13.4. The third-order valence-electron chi connectivity index (χ3n) is 8.40. The predicted molar refractivity (Wildman–Crippen MR) is 159 cm³/mol. The fourth-order valence-electron chi connectivity index (χ4n) is 6.01. The minimum absolute atomic E-state index is 0.0210. The van der Waals surface area contributed by atoms with E-state index < -0.39 is 17.8 Å². The number of halogens is 3. The molecule has 2 aromatic carbocycles. The van der Waals surface area contributed by atoms with E-state index in [1.807, 2.05) is 35.1 Å². The summed E-state index contributed by atoms with van der Waals surface area (Å²) >= 11 is 0. The predicted octanol–water partition coefficient (Wildman–Crippen LogP) is 5.07. The number of nitrogens with one attached hydrogen (secondary N) is 2. The summed E-state index contributed by atoms with van der Waals surface area (Å²) in [4.78, 5) is 42.7. The Hall–Kier alpha value is -4.78. The van der Waals surface area contributed by atoms with Gasteiger partial charge in [0.2, 0.25) is 11.8 Å². The van der Waals surface area contributed by atoms with Crippen LogP contribution in [0.15, 0.2) is 60.9 Å². The molecule has 2 aliphatic rings. The van der Waals surface area contributed by atoms with Gasteiger partial charge in [-0.15, -0.1) is 0 Å². The lowest BCUT2D eigenvalue weighted by Gasteiger charge is -2.33. The van der Waals surface area contributed by atoms with Gasteiger partial charge < -0.3 is 10.1 Å². The van der Waals surface area contributed by atoms with Crippen LogP contribution in [0.4, 0.5) is 18.9 Å². The number of methoxy groups -OCH3 is 1. The second-order valence-electron chi connectivity index (χ2n) is 11.3. The molecule has 45 heavy (non-hydrogen) atoms. The van der Waals surface area contributed by atoms with Crippen LogP contribution in [0.5, 0.6) is 5.75 Å². The Morgan fingerprint density at radius 2 is 1.87 bits per heavy atom. The first kappa shape index (κ1) is 30.3. The number of imide groups is 1. The highest BCUT2D eigenvalue weighted by atomic mass is 19.4. The molecule has 0 radical (unpaired) electrons. The van der Waals surface area contributed by atoms with Crippen LogP contribution in [-0.2, 0) is 22.3 Å². The molecule has 234 valence electrons. The van der Waals surface area contributed by atoms with Gasteiger partial charge in [-0.3, -0.25) is 34.3 Å². The molecule has 10 nitrogen and oxygen atoms in total. The van der Waals surface area contributed by atoms with Crippen molar-refractivity contribution in [1.82, 2.24) is 25.0 Å². The van der Waals surface area contributed by atoms with Crippen molar-refractivity contribution in [1.29, 1.82) is 0 Å². The maximum Gasteiger partial charge on any atom is 0.433 e. The smallest absolute Gasteiger partial charge is 0.433 e. The number of benzene rings is 2. The number of aromatic nitrogens is 3. The highest BCUT2D eigenvalue weighted by Gasteiger charge is 2.33. The number of carbonyl (C=O) groups excluding carboxylic acids is 3. The van der Waals surface area contributed by atoms with E-state index in [0.29, 0.717) is 36.3 Å². The van der Waals surface area contributed by atoms with E-state index in [9.17, 15) is 27.6 Å². The second-order valence-corrected chi connectivity index (χ2v) is 11.3. The lowest BCUT2D eigenvalue weighted by atomic mass is 9.87. The lowest BCUT2D eigenvalue weighted by Crippen LogP contribution is -2.40. The summed E-state index contributed by atoms with van der Waals surface area (Å²) in [5.41, 5.74) is 2.00. The standard InChI is InChI=1S/C32H31F3N6O4/c1-45-27-15-25-21(14-26(27)37-30(43)19-6-8-28(36-16-19)32(33,34)35)18-41(39-25)22-10-12-40(13-11-22)17-20-4-2-3-5-23(20)24-7-9-29(42)38-31(24)44/h2-6,8,14-16,18,22,24H,7,9-13,17H2,1H3,(H,37,43)(H,38,42,44). The molecule has 4 heterocycles. The van der Waals surface area contributed by atoms with E-state index in [1.165, 1.54) is 7.11 Å². The molecule has 0 bridgehead atoms. The third kappa shape index (κ3) is 6.53. The number of ether oxygens (including phenoxy) is 1. The zero-order valence-corrected chi connectivity index (χ0v) is 24.4. The minimum Gasteiger partial charge on any atom is -0.494 e. The van der Waals surface area contributed by atoms with Crippen LogP contribution >= 0.6 is 0 Å². The Morgan fingerprint density at radius 3 is 2.56 bits per heavy atom. The molecule has 2 N–H and O–H groups in total. The molecule has 1 atom stereocenters. The Balaban J connectivity index is 1.12. The Kier molecular flexibility index (Phi) is 8.28. The summed E-state index contributed by atoms with van der Waals surface area (Å²) in [7, 11) is 1.46. The average Bonchev–Trinajstić information content (AvgIpc) is 3.44. The number of hydrogen-bond acceptors (Lipinski definition) is 7. The molecule has 2 fully saturated rings. The van der Waals surface area contributed by atoms with Crippen LogP contribution in [0.2, 0.25) is 0 Å². The van der Waals surface area contributed by atoms with Crippen LogP contribution in [0.25, 0.3) is 10.9 Å². The fraction of sp³-hybridized carbons (Fsp3) is 0.344. The zero-order chi connectivity index (χ0) is 31.7. The summed E-state index contributed by atoms with van der Waals surface area (Å²) in [5, 5.41) is 10.7. The average molecular weight is 621 g/mol. The fourth-order valence-corrected chi connectivity index (χ4v) is 6.01. The van der Waals surface area contributed by atoms with Gasteiger partial charge in [0, 0.05) is 49.9 Å². The number of nitrogens with zero attached hydrogens (tertiary/aromatic N) is 4. The first-order valence-electron chi connectivity index (χ1n) is 14.6. The monoisotopic (exact) mass is 620 g/mol. The number of hydrogen-bond donors (Lipinski definition) is 2. The number of pyridine rings is 1. The zero-order valence-electron chi connectivity index (χ0n) is 24.4. The van der Waals surface area contributed by atoms with Crippen molar-refractivity contribution in [2.45, 2.75) is 50.4 Å². The lowest BCUT2D eigenvalue weighted by molar-refractivity contribution is -0.141. The third-order valence-corrected chi connectivity index (χ3v) is 8.40. The number of fused-ring (bicyclic) bond motifs is 1. The van der Waals surface area contributed by atoms with Crippen molar-refractivity contribution in [3.8, 4) is 5.75 Å². The topological polar surface area (TPSA) is 118 Å². The number of likely N-dealkylation sites (tertiary alicyclic amines) is 1. The summed E-state index contributed by atoms with van der Waals surface area (Å²) in [6.45, 7) is 2.36. The molecule has 0 spiro atoms. The Labute approximate surface area is 256 Å². The molecule has 2 saturated heterocycles. The summed E-state index contributed by atoms with van der Waals surface area (Å²) in [6.07, 6.45) is 0.781. The van der Waals surface area contributed by atoms with Gasteiger partial charge in [0.1, 0.15) is 11.4 Å². The second kappa shape index (κ2) is 12.3. The number of anilines is 1. The van der Waals surface area contributed by atoms with Gasteiger partial charge in [0.25, 0.3) is 5.91 Å². The van der Waals surface area contributed by atoms with Crippen LogP contribution in [0.3, 0.4) is 0 Å². The molecule has 0 saturated carbocycles. The van der Waals surface area contributed by atoms with Crippen molar-refractivity contribution < 1.29 is 32.3 Å². The molecule has 0 aliphatic carbocycles. The van der Waals surface area contributed by atoms with Gasteiger partial charge in [-0.2, -0.15) is 18.3 Å².